The Morgan fingerprint density at radius 1 is 1.22 bits per heavy atom. The van der Waals surface area contributed by atoms with Gasteiger partial charge in [0.2, 0.25) is 0 Å². The van der Waals surface area contributed by atoms with Crippen LogP contribution in [0, 0.1) is 5.82 Å². The minimum atomic E-state index is -0.625. The van der Waals surface area contributed by atoms with Crippen molar-refractivity contribution in [2.75, 3.05) is 45.2 Å². The van der Waals surface area contributed by atoms with Gasteiger partial charge in [-0.15, -0.1) is 0 Å². The number of carbonyl (C=O) groups is 1. The van der Waals surface area contributed by atoms with Crippen molar-refractivity contribution in [3.8, 4) is 16.9 Å². The molecule has 1 aliphatic heterocycles. The number of amides is 1. The molecule has 1 amide bonds. The first kappa shape index (κ1) is 28.2. The van der Waals surface area contributed by atoms with Crippen molar-refractivity contribution in [1.29, 1.82) is 0 Å². The highest BCUT2D eigenvalue weighted by molar-refractivity contribution is 5.93. The molecule has 0 aliphatic carbocycles. The molecule has 1 saturated heterocycles. The molecule has 0 atom stereocenters. The van der Waals surface area contributed by atoms with Gasteiger partial charge in [-0.25, -0.2) is 18.9 Å². The second-order valence-corrected chi connectivity index (χ2v) is 10.6. The first-order valence-corrected chi connectivity index (χ1v) is 13.7. The summed E-state index contributed by atoms with van der Waals surface area (Å²) in [5, 5.41) is 7.60. The van der Waals surface area contributed by atoms with Gasteiger partial charge < -0.3 is 19.9 Å². The molecule has 0 radical (unpaired) electrons. The van der Waals surface area contributed by atoms with Gasteiger partial charge in [-0.1, -0.05) is 0 Å². The predicted octanol–water partition coefficient (Wildman–Crippen LogP) is 3.86. The summed E-state index contributed by atoms with van der Waals surface area (Å²) >= 11 is 0. The Morgan fingerprint density at radius 2 is 2.02 bits per heavy atom. The van der Waals surface area contributed by atoms with Gasteiger partial charge in [0, 0.05) is 48.7 Å². The highest BCUT2D eigenvalue weighted by Gasteiger charge is 2.37. The number of fused-ring (bicyclic) bond motifs is 1. The Hall–Kier alpha value is -4.38. The van der Waals surface area contributed by atoms with Crippen LogP contribution in [0.15, 0.2) is 60.1 Å². The SMILES string of the molecule is C=NCc1cnn2cc(OCC)cc(-c3ccc(N4CCC(CN(C)C)(NC(=O)c5ncccc5F)CC4)nc3)c12. The number of nitrogens with zero attached hydrogens (tertiary/aromatic N) is 7. The third-order valence-electron chi connectivity index (χ3n) is 7.33. The second kappa shape index (κ2) is 12.0. The van der Waals surface area contributed by atoms with Gasteiger partial charge in [-0.3, -0.25) is 9.79 Å². The van der Waals surface area contributed by atoms with E-state index in [0.29, 0.717) is 45.6 Å². The van der Waals surface area contributed by atoms with E-state index in [1.807, 2.05) is 55.0 Å². The van der Waals surface area contributed by atoms with Crippen LogP contribution < -0.4 is 15.0 Å². The van der Waals surface area contributed by atoms with E-state index in [4.69, 9.17) is 9.72 Å². The summed E-state index contributed by atoms with van der Waals surface area (Å²) in [4.78, 5) is 30.0. The second-order valence-electron chi connectivity index (χ2n) is 10.6. The molecular formula is C30H35FN8O2. The zero-order valence-corrected chi connectivity index (χ0v) is 23.7. The highest BCUT2D eigenvalue weighted by Crippen LogP contribution is 2.33. The molecule has 4 aromatic heterocycles. The predicted molar refractivity (Wildman–Crippen MR) is 157 cm³/mol. The molecule has 5 heterocycles. The summed E-state index contributed by atoms with van der Waals surface area (Å²) in [7, 11) is 3.94. The minimum absolute atomic E-state index is 0.182. The molecule has 0 saturated carbocycles. The number of anilines is 1. The Morgan fingerprint density at radius 3 is 2.68 bits per heavy atom. The van der Waals surface area contributed by atoms with Crippen LogP contribution >= 0.6 is 0 Å². The van der Waals surface area contributed by atoms with E-state index in [1.54, 1.807) is 6.20 Å². The number of hydrogen-bond donors (Lipinski definition) is 1. The number of nitrogens with one attached hydrogen (secondary N) is 1. The van der Waals surface area contributed by atoms with Gasteiger partial charge in [-0.2, -0.15) is 5.10 Å². The van der Waals surface area contributed by atoms with E-state index in [0.717, 1.165) is 33.8 Å². The van der Waals surface area contributed by atoms with E-state index in [9.17, 15) is 9.18 Å². The third-order valence-corrected chi connectivity index (χ3v) is 7.33. The summed E-state index contributed by atoms with van der Waals surface area (Å²) < 4.78 is 21.8. The van der Waals surface area contributed by atoms with Crippen LogP contribution in [-0.2, 0) is 6.54 Å². The lowest BCUT2D eigenvalue weighted by Crippen LogP contribution is -2.60. The van der Waals surface area contributed by atoms with Crippen LogP contribution in [0.1, 0.15) is 35.8 Å². The average Bonchev–Trinajstić information content (AvgIpc) is 3.36. The summed E-state index contributed by atoms with van der Waals surface area (Å²) in [6.45, 7) is 8.60. The summed E-state index contributed by atoms with van der Waals surface area (Å²) in [5.41, 5.74) is 3.13. The number of aliphatic imine (C=N–C) groups is 1. The number of piperidine rings is 1. The van der Waals surface area contributed by atoms with E-state index >= 15 is 0 Å². The number of rotatable bonds is 10. The van der Waals surface area contributed by atoms with Gasteiger partial charge >= 0.3 is 0 Å². The number of ether oxygens (including phenoxy) is 1. The maximum absolute atomic E-state index is 14.2. The number of halogens is 1. The standard InChI is InChI=1S/C30H35FN8O2/c1-5-41-23-15-24(28-22(16-32-2)18-35-39(28)19-23)21-8-9-26(34-17-21)38-13-10-30(11-14-38,20-37(3)4)36-29(40)27-25(31)7-6-12-33-27/h6-9,12,15,17-19H,2,5,10-11,13-14,16,20H2,1,3-4H3,(H,36,40). The van der Waals surface area contributed by atoms with Crippen molar-refractivity contribution in [1.82, 2.24) is 29.8 Å². The van der Waals surface area contributed by atoms with E-state index in [-0.39, 0.29) is 5.69 Å². The maximum Gasteiger partial charge on any atom is 0.273 e. The van der Waals surface area contributed by atoms with E-state index < -0.39 is 17.3 Å². The number of pyridine rings is 3. The number of likely N-dealkylation sites (N-methyl/N-ethyl adjacent to an activating group) is 1. The summed E-state index contributed by atoms with van der Waals surface area (Å²) in [6.07, 6.45) is 8.33. The fraction of sp³-hybridized carbons (Fsp3) is 0.367. The molecule has 1 fully saturated rings. The van der Waals surface area contributed by atoms with E-state index in [2.05, 4.69) is 38.1 Å². The molecule has 1 aliphatic rings. The maximum atomic E-state index is 14.2. The molecule has 41 heavy (non-hydrogen) atoms. The van der Waals surface area contributed by atoms with Crippen molar-refractivity contribution < 1.29 is 13.9 Å². The monoisotopic (exact) mass is 558 g/mol. The molecule has 214 valence electrons. The normalized spacial score (nSPS) is 14.8. The van der Waals surface area contributed by atoms with Gasteiger partial charge in [0.25, 0.3) is 5.91 Å². The van der Waals surface area contributed by atoms with Gasteiger partial charge in [0.15, 0.2) is 11.5 Å². The lowest BCUT2D eigenvalue weighted by molar-refractivity contribution is 0.0843. The van der Waals surface area contributed by atoms with Crippen molar-refractivity contribution in [3.05, 3.63) is 72.2 Å². The van der Waals surface area contributed by atoms with Crippen molar-refractivity contribution in [3.63, 3.8) is 0 Å². The Balaban J connectivity index is 1.35. The molecule has 4 aromatic rings. The first-order chi connectivity index (χ1) is 19.8. The lowest BCUT2D eigenvalue weighted by atomic mass is 9.86. The van der Waals surface area contributed by atoms with Gasteiger partial charge in [0.05, 0.1) is 36.6 Å². The quantitative estimate of drug-likeness (QED) is 0.295. The van der Waals surface area contributed by atoms with E-state index in [1.165, 1.54) is 18.3 Å². The van der Waals surface area contributed by atoms with Gasteiger partial charge in [0.1, 0.15) is 11.6 Å². The third kappa shape index (κ3) is 6.04. The zero-order valence-electron chi connectivity index (χ0n) is 23.7. The molecule has 5 rings (SSSR count). The average molecular weight is 559 g/mol. The molecule has 0 aromatic carbocycles. The van der Waals surface area contributed by atoms with Crippen LogP contribution in [0.2, 0.25) is 0 Å². The van der Waals surface area contributed by atoms with Crippen molar-refractivity contribution in [2.45, 2.75) is 31.8 Å². The molecule has 0 unspecified atom stereocenters. The minimum Gasteiger partial charge on any atom is -0.492 e. The fourth-order valence-corrected chi connectivity index (χ4v) is 5.54. The molecule has 11 heteroatoms. The van der Waals surface area contributed by atoms with Crippen LogP contribution in [0.4, 0.5) is 10.2 Å². The number of carbonyl (C=O) groups excluding carboxylic acids is 1. The molecular weight excluding hydrogens is 523 g/mol. The van der Waals surface area contributed by atoms with Crippen molar-refractivity contribution >= 4 is 24.0 Å². The highest BCUT2D eigenvalue weighted by atomic mass is 19.1. The largest absolute Gasteiger partial charge is 0.492 e. The Kier molecular flexibility index (Phi) is 8.25. The van der Waals surface area contributed by atoms with Crippen LogP contribution in [0.25, 0.3) is 16.6 Å². The van der Waals surface area contributed by atoms with Gasteiger partial charge in [-0.05, 0) is 70.9 Å². The molecule has 10 nitrogen and oxygen atoms in total. The fourth-order valence-electron chi connectivity index (χ4n) is 5.54. The Labute approximate surface area is 238 Å². The molecule has 1 N–H and O–H groups in total. The summed E-state index contributed by atoms with van der Waals surface area (Å²) in [6, 6.07) is 8.80. The zero-order chi connectivity index (χ0) is 29.0. The number of aromatic nitrogens is 4. The van der Waals surface area contributed by atoms with Crippen LogP contribution in [0.5, 0.6) is 5.75 Å². The topological polar surface area (TPSA) is 100 Å². The Bertz CT molecular complexity index is 1530. The van der Waals surface area contributed by atoms with Crippen LogP contribution in [-0.4, -0.2) is 83.0 Å². The van der Waals surface area contributed by atoms with Crippen LogP contribution in [0.3, 0.4) is 0 Å². The molecule has 0 bridgehead atoms. The first-order valence-electron chi connectivity index (χ1n) is 13.7. The smallest absolute Gasteiger partial charge is 0.273 e. The molecule has 0 spiro atoms. The summed E-state index contributed by atoms with van der Waals surface area (Å²) in [5.74, 6) is 0.459. The lowest BCUT2D eigenvalue weighted by Gasteiger charge is -2.44. The number of hydrogen-bond acceptors (Lipinski definition) is 8. The van der Waals surface area contributed by atoms with Crippen molar-refractivity contribution in [2.24, 2.45) is 4.99 Å².